The van der Waals surface area contributed by atoms with Gasteiger partial charge in [0.1, 0.15) is 0 Å². The second kappa shape index (κ2) is 5.35. The molecule has 0 aliphatic heterocycles. The molecule has 1 aliphatic carbocycles. The molecule has 0 amide bonds. The van der Waals surface area contributed by atoms with Gasteiger partial charge >= 0.3 is 0 Å². The average molecular weight is 185 g/mol. The molecule has 0 aromatic heterocycles. The predicted octanol–water partition coefficient (Wildman–Crippen LogP) is 1.28. The van der Waals surface area contributed by atoms with Crippen LogP contribution in [0.4, 0.5) is 0 Å². The van der Waals surface area contributed by atoms with Crippen LogP contribution < -0.4 is 0 Å². The normalized spacial score (nSPS) is 27.8. The second-order valence-electron chi connectivity index (χ2n) is 3.35. The van der Waals surface area contributed by atoms with E-state index in [-0.39, 0.29) is 0 Å². The zero-order valence-corrected chi connectivity index (χ0v) is 10.2. The van der Waals surface area contributed by atoms with Crippen molar-refractivity contribution < 1.29 is 4.84 Å². The Kier molecular flexibility index (Phi) is 4.36. The monoisotopic (exact) mass is 185 g/mol. The highest BCUT2D eigenvalue weighted by molar-refractivity contribution is 6.08. The van der Waals surface area contributed by atoms with Crippen molar-refractivity contribution in [3.8, 4) is 0 Å². The number of oxime groups is 1. The van der Waals surface area contributed by atoms with Gasteiger partial charge in [-0.15, -0.1) is 0 Å². The first-order valence-corrected chi connectivity index (χ1v) is 6.48. The SMILES string of the molecule is CCC1CCCCC1=NOC[SiH3]. The summed E-state index contributed by atoms with van der Waals surface area (Å²) in [4.78, 5) is 5.15. The minimum absolute atomic E-state index is 0.715. The molecule has 0 spiro atoms. The van der Waals surface area contributed by atoms with E-state index in [1.165, 1.54) is 37.8 Å². The van der Waals surface area contributed by atoms with E-state index in [0.717, 1.165) is 16.5 Å². The van der Waals surface area contributed by atoms with Crippen LogP contribution >= 0.6 is 0 Å². The third-order valence-corrected chi connectivity index (χ3v) is 2.77. The maximum absolute atomic E-state index is 5.15. The van der Waals surface area contributed by atoms with E-state index in [4.69, 9.17) is 4.84 Å². The van der Waals surface area contributed by atoms with E-state index in [0.29, 0.717) is 5.92 Å². The van der Waals surface area contributed by atoms with Crippen LogP contribution in [0.5, 0.6) is 0 Å². The highest BCUT2D eigenvalue weighted by Gasteiger charge is 2.18. The molecule has 1 saturated carbocycles. The molecule has 2 nitrogen and oxygen atoms in total. The minimum Gasteiger partial charge on any atom is -0.401 e. The van der Waals surface area contributed by atoms with E-state index >= 15 is 0 Å². The van der Waals surface area contributed by atoms with Gasteiger partial charge in [0.2, 0.25) is 0 Å². The van der Waals surface area contributed by atoms with Crippen LogP contribution in [-0.4, -0.2) is 22.2 Å². The predicted molar refractivity (Wildman–Crippen MR) is 55.6 cm³/mol. The van der Waals surface area contributed by atoms with E-state index in [1.54, 1.807) is 0 Å². The van der Waals surface area contributed by atoms with Crippen molar-refractivity contribution in [2.75, 3.05) is 6.23 Å². The fraction of sp³-hybridized carbons (Fsp3) is 0.889. The Morgan fingerprint density at radius 1 is 1.58 bits per heavy atom. The lowest BCUT2D eigenvalue weighted by molar-refractivity contribution is 0.187. The standard InChI is InChI=1S/C9H19NOSi/c1-2-8-5-3-4-6-9(8)10-11-7-12/h8H,2-7H2,1,12H3. The van der Waals surface area contributed by atoms with Crippen LogP contribution in [0.1, 0.15) is 39.0 Å². The van der Waals surface area contributed by atoms with Crippen molar-refractivity contribution >= 4 is 16.0 Å². The molecule has 0 heterocycles. The van der Waals surface area contributed by atoms with Crippen molar-refractivity contribution in [3.05, 3.63) is 0 Å². The van der Waals surface area contributed by atoms with Gasteiger partial charge in [0, 0.05) is 5.92 Å². The highest BCUT2D eigenvalue weighted by atomic mass is 28.1. The van der Waals surface area contributed by atoms with Gasteiger partial charge in [0.15, 0.2) is 0 Å². The van der Waals surface area contributed by atoms with Gasteiger partial charge in [0.05, 0.1) is 22.2 Å². The third kappa shape index (κ3) is 2.63. The molecular formula is C9H19NOSi. The molecule has 3 heteroatoms. The largest absolute Gasteiger partial charge is 0.401 e. The molecule has 1 fully saturated rings. The van der Waals surface area contributed by atoms with Crippen molar-refractivity contribution in [2.24, 2.45) is 11.1 Å². The summed E-state index contributed by atoms with van der Waals surface area (Å²) in [6, 6.07) is 0. The van der Waals surface area contributed by atoms with Gasteiger partial charge < -0.3 is 4.84 Å². The summed E-state index contributed by atoms with van der Waals surface area (Å²) in [7, 11) is 1.08. The maximum Gasteiger partial charge on any atom is 0.0949 e. The van der Waals surface area contributed by atoms with Crippen molar-refractivity contribution in [1.82, 2.24) is 0 Å². The molecule has 1 unspecified atom stereocenters. The molecule has 0 aromatic rings. The van der Waals surface area contributed by atoms with Gasteiger partial charge in [-0.3, -0.25) is 0 Å². The van der Waals surface area contributed by atoms with Crippen LogP contribution in [0.25, 0.3) is 0 Å². The first kappa shape index (κ1) is 9.77. The molecule has 1 rings (SSSR count). The number of hydrogen-bond acceptors (Lipinski definition) is 2. The molecule has 0 bridgehead atoms. The third-order valence-electron chi connectivity index (χ3n) is 2.51. The summed E-state index contributed by atoms with van der Waals surface area (Å²) in [6.07, 6.45) is 7.22. The minimum atomic E-state index is 0.715. The average Bonchev–Trinajstić information content (AvgIpc) is 2.15. The lowest BCUT2D eigenvalue weighted by atomic mass is 9.86. The van der Waals surface area contributed by atoms with Crippen LogP contribution in [0.15, 0.2) is 5.16 Å². The smallest absolute Gasteiger partial charge is 0.0949 e. The second-order valence-corrected chi connectivity index (χ2v) is 3.93. The summed E-state index contributed by atoms with van der Waals surface area (Å²) in [5.74, 6) is 0.715. The lowest BCUT2D eigenvalue weighted by Crippen LogP contribution is -2.18. The quantitative estimate of drug-likeness (QED) is 0.479. The summed E-state index contributed by atoms with van der Waals surface area (Å²) >= 11 is 0. The molecule has 0 radical (unpaired) electrons. The Morgan fingerprint density at radius 3 is 3.08 bits per heavy atom. The molecule has 0 saturated heterocycles. The Bertz CT molecular complexity index is 159. The summed E-state index contributed by atoms with van der Waals surface area (Å²) in [5.41, 5.74) is 1.32. The Morgan fingerprint density at radius 2 is 2.42 bits per heavy atom. The van der Waals surface area contributed by atoms with Crippen LogP contribution in [0.2, 0.25) is 0 Å². The van der Waals surface area contributed by atoms with Crippen LogP contribution in [-0.2, 0) is 4.84 Å². The maximum atomic E-state index is 5.15. The van der Waals surface area contributed by atoms with Crippen molar-refractivity contribution in [1.29, 1.82) is 0 Å². The van der Waals surface area contributed by atoms with Crippen LogP contribution in [0, 0.1) is 5.92 Å². The number of hydrogen-bond donors (Lipinski definition) is 0. The Balaban J connectivity index is 2.46. The summed E-state index contributed by atoms with van der Waals surface area (Å²) in [5, 5.41) is 4.21. The van der Waals surface area contributed by atoms with Crippen LogP contribution in [0.3, 0.4) is 0 Å². The zero-order chi connectivity index (χ0) is 8.81. The van der Waals surface area contributed by atoms with Gasteiger partial charge in [0.25, 0.3) is 0 Å². The van der Waals surface area contributed by atoms with E-state index in [1.807, 2.05) is 0 Å². The lowest BCUT2D eigenvalue weighted by Gasteiger charge is -2.21. The van der Waals surface area contributed by atoms with E-state index in [2.05, 4.69) is 12.1 Å². The van der Waals surface area contributed by atoms with Gasteiger partial charge in [-0.25, -0.2) is 0 Å². The molecular weight excluding hydrogens is 166 g/mol. The summed E-state index contributed by atoms with van der Waals surface area (Å²) < 4.78 is 0. The Labute approximate surface area is 77.8 Å². The first-order valence-electron chi connectivity index (χ1n) is 5.07. The van der Waals surface area contributed by atoms with E-state index < -0.39 is 0 Å². The summed E-state index contributed by atoms with van der Waals surface area (Å²) in [6.45, 7) is 2.24. The highest BCUT2D eigenvalue weighted by Crippen LogP contribution is 2.24. The number of nitrogens with zero attached hydrogens (tertiary/aromatic N) is 1. The molecule has 0 N–H and O–H groups in total. The van der Waals surface area contributed by atoms with E-state index in [9.17, 15) is 0 Å². The van der Waals surface area contributed by atoms with Crippen molar-refractivity contribution in [3.63, 3.8) is 0 Å². The van der Waals surface area contributed by atoms with Gasteiger partial charge in [-0.05, 0) is 25.7 Å². The Hall–Kier alpha value is -0.313. The first-order chi connectivity index (χ1) is 5.88. The van der Waals surface area contributed by atoms with Gasteiger partial charge in [-0.2, -0.15) is 0 Å². The molecule has 0 aromatic carbocycles. The van der Waals surface area contributed by atoms with Gasteiger partial charge in [-0.1, -0.05) is 18.5 Å². The molecule has 70 valence electrons. The fourth-order valence-corrected chi connectivity index (χ4v) is 1.90. The molecule has 1 aliphatic rings. The number of rotatable bonds is 3. The topological polar surface area (TPSA) is 21.6 Å². The zero-order valence-electron chi connectivity index (χ0n) is 8.18. The molecule has 1 atom stereocenters. The molecule has 12 heavy (non-hydrogen) atoms. The fourth-order valence-electron chi connectivity index (χ4n) is 1.77. The van der Waals surface area contributed by atoms with Crippen molar-refractivity contribution in [2.45, 2.75) is 39.0 Å².